The minimum Gasteiger partial charge on any atom is -0.388 e. The van der Waals surface area contributed by atoms with Crippen LogP contribution in [0.15, 0.2) is 6.33 Å². The smallest absolute Gasteiger partial charge is 0.317 e. The van der Waals surface area contributed by atoms with E-state index in [1.807, 2.05) is 6.92 Å². The first-order chi connectivity index (χ1) is 9.02. The van der Waals surface area contributed by atoms with Crippen molar-refractivity contribution in [2.24, 2.45) is 0 Å². The molecule has 1 fully saturated rings. The molecule has 0 aromatic carbocycles. The number of aryl methyl sites for hydroxylation is 1. The zero-order chi connectivity index (χ0) is 13.9. The van der Waals surface area contributed by atoms with E-state index >= 15 is 0 Å². The van der Waals surface area contributed by atoms with Crippen molar-refractivity contribution in [3.05, 3.63) is 12.2 Å². The maximum atomic E-state index is 12.0. The predicted molar refractivity (Wildman–Crippen MR) is 69.4 cm³/mol. The normalized spacial score (nSPS) is 23.4. The van der Waals surface area contributed by atoms with Crippen LogP contribution in [-0.2, 0) is 13.1 Å². The number of hydrogen-bond acceptors (Lipinski definition) is 4. The summed E-state index contributed by atoms with van der Waals surface area (Å²) in [6.45, 7) is 5.87. The first kappa shape index (κ1) is 13.8. The summed E-state index contributed by atoms with van der Waals surface area (Å²) in [5.41, 5.74) is -0.779. The standard InChI is InChI=1S/C12H21N5O2/c1-3-17-10(14-9-15-17)7-13-11(18)16-6-4-5-12(2,19)8-16/h9,19H,3-8H2,1-2H3,(H,13,18)/t12-/m0/s1. The number of urea groups is 1. The zero-order valence-corrected chi connectivity index (χ0v) is 11.5. The van der Waals surface area contributed by atoms with Gasteiger partial charge < -0.3 is 15.3 Å². The SMILES string of the molecule is CCn1ncnc1CNC(=O)N1CCC[C@](C)(O)C1. The molecule has 7 heteroatoms. The molecule has 2 rings (SSSR count). The van der Waals surface area contributed by atoms with E-state index in [0.29, 0.717) is 19.6 Å². The summed E-state index contributed by atoms with van der Waals surface area (Å²) in [6.07, 6.45) is 3.04. The highest BCUT2D eigenvalue weighted by Crippen LogP contribution is 2.20. The highest BCUT2D eigenvalue weighted by Gasteiger charge is 2.30. The summed E-state index contributed by atoms with van der Waals surface area (Å²) in [5.74, 6) is 0.736. The number of β-amino-alcohol motifs (C(OH)–C–C–N with tert-alkyl or cyclic N) is 1. The van der Waals surface area contributed by atoms with Crippen LogP contribution in [0.5, 0.6) is 0 Å². The Kier molecular flexibility index (Phi) is 4.04. The van der Waals surface area contributed by atoms with Crippen LogP contribution < -0.4 is 5.32 Å². The molecule has 7 nitrogen and oxygen atoms in total. The molecule has 0 spiro atoms. The van der Waals surface area contributed by atoms with Gasteiger partial charge in [-0.25, -0.2) is 14.5 Å². The fraction of sp³-hybridized carbons (Fsp3) is 0.750. The van der Waals surface area contributed by atoms with Gasteiger partial charge in [-0.1, -0.05) is 0 Å². The number of carbonyl (C=O) groups is 1. The second-order valence-electron chi connectivity index (χ2n) is 5.17. The summed E-state index contributed by atoms with van der Waals surface area (Å²) in [4.78, 5) is 17.8. The van der Waals surface area contributed by atoms with Crippen molar-refractivity contribution in [2.75, 3.05) is 13.1 Å². The average molecular weight is 267 g/mol. The molecule has 1 atom stereocenters. The van der Waals surface area contributed by atoms with Crippen LogP contribution in [0.1, 0.15) is 32.5 Å². The number of piperidine rings is 1. The van der Waals surface area contributed by atoms with Crippen LogP contribution in [0.25, 0.3) is 0 Å². The molecule has 2 N–H and O–H groups in total. The number of hydrogen-bond donors (Lipinski definition) is 2. The lowest BCUT2D eigenvalue weighted by Crippen LogP contribution is -2.51. The van der Waals surface area contributed by atoms with E-state index < -0.39 is 5.60 Å². The first-order valence-corrected chi connectivity index (χ1v) is 6.63. The second-order valence-corrected chi connectivity index (χ2v) is 5.17. The van der Waals surface area contributed by atoms with Gasteiger partial charge in [-0.15, -0.1) is 0 Å². The third-order valence-electron chi connectivity index (χ3n) is 3.36. The van der Waals surface area contributed by atoms with Crippen molar-refractivity contribution >= 4 is 6.03 Å². The van der Waals surface area contributed by atoms with E-state index in [1.165, 1.54) is 6.33 Å². The maximum Gasteiger partial charge on any atom is 0.317 e. The van der Waals surface area contributed by atoms with Gasteiger partial charge in [0.1, 0.15) is 12.2 Å². The molecule has 0 bridgehead atoms. The number of aliphatic hydroxyl groups is 1. The van der Waals surface area contributed by atoms with Gasteiger partial charge in [0.25, 0.3) is 0 Å². The largest absolute Gasteiger partial charge is 0.388 e. The van der Waals surface area contributed by atoms with Crippen molar-refractivity contribution in [3.8, 4) is 0 Å². The highest BCUT2D eigenvalue weighted by atomic mass is 16.3. The Labute approximate surface area is 112 Å². The summed E-state index contributed by atoms with van der Waals surface area (Å²) in [6, 6.07) is -0.161. The molecule has 1 aromatic rings. The molecular weight excluding hydrogens is 246 g/mol. The summed E-state index contributed by atoms with van der Waals surface area (Å²) in [7, 11) is 0. The Morgan fingerprint density at radius 2 is 2.42 bits per heavy atom. The van der Waals surface area contributed by atoms with Crippen LogP contribution >= 0.6 is 0 Å². The Hall–Kier alpha value is -1.63. The van der Waals surface area contributed by atoms with Gasteiger partial charge in [-0.2, -0.15) is 5.10 Å². The summed E-state index contributed by atoms with van der Waals surface area (Å²) < 4.78 is 1.74. The Morgan fingerprint density at radius 1 is 1.63 bits per heavy atom. The number of aromatic nitrogens is 3. The minimum absolute atomic E-state index is 0.161. The van der Waals surface area contributed by atoms with E-state index in [0.717, 1.165) is 25.2 Å². The fourth-order valence-electron chi connectivity index (χ4n) is 2.35. The van der Waals surface area contributed by atoms with E-state index in [4.69, 9.17) is 0 Å². The summed E-state index contributed by atoms with van der Waals surface area (Å²) >= 11 is 0. The molecule has 1 saturated heterocycles. The molecule has 106 valence electrons. The lowest BCUT2D eigenvalue weighted by Gasteiger charge is -2.36. The van der Waals surface area contributed by atoms with Gasteiger partial charge in [0.05, 0.1) is 18.7 Å². The van der Waals surface area contributed by atoms with E-state index in [9.17, 15) is 9.90 Å². The van der Waals surface area contributed by atoms with E-state index in [2.05, 4.69) is 15.4 Å². The topological polar surface area (TPSA) is 83.3 Å². The number of nitrogens with one attached hydrogen (secondary N) is 1. The average Bonchev–Trinajstić information content (AvgIpc) is 2.82. The minimum atomic E-state index is -0.779. The molecule has 1 aromatic heterocycles. The maximum absolute atomic E-state index is 12.0. The van der Waals surface area contributed by atoms with Gasteiger partial charge in [0, 0.05) is 13.1 Å². The fourth-order valence-corrected chi connectivity index (χ4v) is 2.35. The molecule has 0 unspecified atom stereocenters. The van der Waals surface area contributed by atoms with Crippen LogP contribution in [-0.4, -0.2) is 49.5 Å². The third kappa shape index (κ3) is 3.44. The van der Waals surface area contributed by atoms with Gasteiger partial charge in [0.15, 0.2) is 0 Å². The van der Waals surface area contributed by atoms with E-state index in [1.54, 1.807) is 16.5 Å². The third-order valence-corrected chi connectivity index (χ3v) is 3.36. The summed E-state index contributed by atoms with van der Waals surface area (Å²) in [5, 5.41) is 16.8. The number of rotatable bonds is 3. The predicted octanol–water partition coefficient (Wildman–Crippen LogP) is 0.354. The van der Waals surface area contributed by atoms with Crippen LogP contribution in [0.3, 0.4) is 0 Å². The van der Waals surface area contributed by atoms with Crippen molar-refractivity contribution < 1.29 is 9.90 Å². The van der Waals surface area contributed by atoms with Gasteiger partial charge in [0.2, 0.25) is 0 Å². The monoisotopic (exact) mass is 267 g/mol. The molecule has 19 heavy (non-hydrogen) atoms. The second kappa shape index (κ2) is 5.56. The number of likely N-dealkylation sites (tertiary alicyclic amines) is 1. The molecule has 0 radical (unpaired) electrons. The molecule has 2 heterocycles. The van der Waals surface area contributed by atoms with Crippen molar-refractivity contribution in [1.29, 1.82) is 0 Å². The lowest BCUT2D eigenvalue weighted by atomic mass is 9.95. The molecular formula is C12H21N5O2. The Morgan fingerprint density at radius 3 is 3.11 bits per heavy atom. The van der Waals surface area contributed by atoms with Gasteiger partial charge >= 0.3 is 6.03 Å². The Bertz CT molecular complexity index is 443. The lowest BCUT2D eigenvalue weighted by molar-refractivity contribution is -0.00255. The molecule has 0 aliphatic carbocycles. The molecule has 1 aliphatic heterocycles. The number of nitrogens with zero attached hydrogens (tertiary/aromatic N) is 4. The molecule has 1 aliphatic rings. The Balaban J connectivity index is 1.87. The van der Waals surface area contributed by atoms with E-state index in [-0.39, 0.29) is 6.03 Å². The highest BCUT2D eigenvalue weighted by molar-refractivity contribution is 5.74. The van der Waals surface area contributed by atoms with Crippen molar-refractivity contribution in [3.63, 3.8) is 0 Å². The van der Waals surface area contributed by atoms with Crippen molar-refractivity contribution in [1.82, 2.24) is 25.0 Å². The van der Waals surface area contributed by atoms with Crippen LogP contribution in [0, 0.1) is 0 Å². The van der Waals surface area contributed by atoms with Crippen LogP contribution in [0.4, 0.5) is 4.79 Å². The number of carbonyl (C=O) groups excluding carboxylic acids is 1. The molecule has 2 amide bonds. The number of amides is 2. The van der Waals surface area contributed by atoms with Crippen molar-refractivity contribution in [2.45, 2.75) is 45.4 Å². The quantitative estimate of drug-likeness (QED) is 0.828. The zero-order valence-electron chi connectivity index (χ0n) is 11.5. The van der Waals surface area contributed by atoms with Gasteiger partial charge in [-0.3, -0.25) is 0 Å². The van der Waals surface area contributed by atoms with Crippen LogP contribution in [0.2, 0.25) is 0 Å². The van der Waals surface area contributed by atoms with Gasteiger partial charge in [-0.05, 0) is 26.7 Å². The molecule has 0 saturated carbocycles. The first-order valence-electron chi connectivity index (χ1n) is 6.63.